The Hall–Kier alpha value is -2.83. The Morgan fingerprint density at radius 3 is 2.07 bits per heavy atom. The number of benzene rings is 2. The number of hydrogen-bond acceptors (Lipinski definition) is 2. The van der Waals surface area contributed by atoms with Crippen LogP contribution in [0.4, 0.5) is 13.2 Å². The van der Waals surface area contributed by atoms with Gasteiger partial charge in [-0.25, -0.2) is 0 Å². The molecule has 1 aliphatic heterocycles. The third kappa shape index (κ3) is 5.20. The number of aryl methyl sites for hydroxylation is 3. The predicted octanol–water partition coefficient (Wildman–Crippen LogP) is 4.24. The first-order valence-electron chi connectivity index (χ1n) is 9.95. The Labute approximate surface area is 174 Å². The average Bonchev–Trinajstić information content (AvgIpc) is 2.72. The van der Waals surface area contributed by atoms with Crippen LogP contribution in [-0.4, -0.2) is 47.8 Å². The van der Waals surface area contributed by atoms with Gasteiger partial charge in [0.25, 0.3) is 5.91 Å². The van der Waals surface area contributed by atoms with Crippen molar-refractivity contribution >= 4 is 11.8 Å². The minimum atomic E-state index is -4.43. The second-order valence-corrected chi connectivity index (χ2v) is 7.68. The van der Waals surface area contributed by atoms with Gasteiger partial charge in [-0.05, 0) is 55.7 Å². The van der Waals surface area contributed by atoms with Crippen LogP contribution in [0.15, 0.2) is 42.5 Å². The summed E-state index contributed by atoms with van der Waals surface area (Å²) in [7, 11) is 0. The molecular formula is C23H25F3N2O2. The topological polar surface area (TPSA) is 40.6 Å². The smallest absolute Gasteiger partial charge is 0.339 e. The van der Waals surface area contributed by atoms with Gasteiger partial charge in [-0.3, -0.25) is 9.59 Å². The van der Waals surface area contributed by atoms with Crippen molar-refractivity contribution in [2.75, 3.05) is 26.2 Å². The van der Waals surface area contributed by atoms with Crippen molar-refractivity contribution < 1.29 is 22.8 Å². The zero-order valence-electron chi connectivity index (χ0n) is 17.1. The highest BCUT2D eigenvalue weighted by molar-refractivity contribution is 5.94. The quantitative estimate of drug-likeness (QED) is 0.745. The lowest BCUT2D eigenvalue weighted by molar-refractivity contribution is -0.137. The van der Waals surface area contributed by atoms with E-state index < -0.39 is 11.7 Å². The van der Waals surface area contributed by atoms with Crippen LogP contribution in [0.1, 0.15) is 39.0 Å². The van der Waals surface area contributed by atoms with E-state index in [1.165, 1.54) is 23.3 Å². The first kappa shape index (κ1) is 21.9. The van der Waals surface area contributed by atoms with E-state index in [0.29, 0.717) is 39.0 Å². The molecule has 7 heteroatoms. The third-order valence-electron chi connectivity index (χ3n) is 5.49. The zero-order chi connectivity index (χ0) is 21.9. The van der Waals surface area contributed by atoms with E-state index in [2.05, 4.69) is 12.1 Å². The van der Waals surface area contributed by atoms with Gasteiger partial charge >= 0.3 is 6.18 Å². The molecule has 160 valence electrons. The maximum atomic E-state index is 12.7. The van der Waals surface area contributed by atoms with Crippen molar-refractivity contribution in [3.63, 3.8) is 0 Å². The molecule has 4 nitrogen and oxygen atoms in total. The van der Waals surface area contributed by atoms with Crippen LogP contribution in [0.2, 0.25) is 0 Å². The second kappa shape index (κ2) is 8.90. The Bertz CT molecular complexity index is 915. The number of amides is 2. The molecule has 1 fully saturated rings. The van der Waals surface area contributed by atoms with Gasteiger partial charge in [-0.2, -0.15) is 13.2 Å². The van der Waals surface area contributed by atoms with Gasteiger partial charge in [-0.1, -0.05) is 23.8 Å². The fourth-order valence-electron chi connectivity index (χ4n) is 3.67. The van der Waals surface area contributed by atoms with Gasteiger partial charge in [0, 0.05) is 38.2 Å². The van der Waals surface area contributed by atoms with Crippen molar-refractivity contribution in [3.8, 4) is 0 Å². The summed E-state index contributed by atoms with van der Waals surface area (Å²) in [5.74, 6) is -0.261. The van der Waals surface area contributed by atoms with Crippen molar-refractivity contribution in [2.24, 2.45) is 0 Å². The van der Waals surface area contributed by atoms with E-state index in [-0.39, 0.29) is 17.4 Å². The van der Waals surface area contributed by atoms with Crippen LogP contribution in [0.5, 0.6) is 0 Å². The van der Waals surface area contributed by atoms with E-state index >= 15 is 0 Å². The number of alkyl halides is 3. The summed E-state index contributed by atoms with van der Waals surface area (Å²) in [6, 6.07) is 10.4. The van der Waals surface area contributed by atoms with E-state index in [4.69, 9.17) is 0 Å². The normalized spacial score (nSPS) is 14.7. The fourth-order valence-corrected chi connectivity index (χ4v) is 3.67. The Balaban J connectivity index is 1.51. The molecule has 2 amide bonds. The van der Waals surface area contributed by atoms with Gasteiger partial charge in [0.05, 0.1) is 5.56 Å². The number of carbonyl (C=O) groups excluding carboxylic acids is 2. The summed E-state index contributed by atoms with van der Waals surface area (Å²) in [4.78, 5) is 28.4. The molecule has 0 radical (unpaired) electrons. The molecular weight excluding hydrogens is 393 g/mol. The van der Waals surface area contributed by atoms with E-state index in [9.17, 15) is 22.8 Å². The Morgan fingerprint density at radius 2 is 1.50 bits per heavy atom. The first-order valence-corrected chi connectivity index (χ1v) is 9.95. The molecule has 0 aliphatic carbocycles. The summed E-state index contributed by atoms with van der Waals surface area (Å²) < 4.78 is 38.0. The molecule has 2 aromatic carbocycles. The van der Waals surface area contributed by atoms with Gasteiger partial charge in [0.1, 0.15) is 0 Å². The SMILES string of the molecule is Cc1ccc(CCC(=O)N2CCN(C(=O)c3ccc(C(F)(F)F)cc3)CC2)c(C)c1. The van der Waals surface area contributed by atoms with Crippen LogP contribution in [-0.2, 0) is 17.4 Å². The number of halogens is 3. The van der Waals surface area contributed by atoms with E-state index in [1.807, 2.05) is 19.9 Å². The number of rotatable bonds is 4. The van der Waals surface area contributed by atoms with Crippen LogP contribution in [0.3, 0.4) is 0 Å². The maximum absolute atomic E-state index is 12.7. The molecule has 3 rings (SSSR count). The lowest BCUT2D eigenvalue weighted by atomic mass is 10.0. The second-order valence-electron chi connectivity index (χ2n) is 7.68. The molecule has 0 unspecified atom stereocenters. The monoisotopic (exact) mass is 418 g/mol. The van der Waals surface area contributed by atoms with Gasteiger partial charge in [0.2, 0.25) is 5.91 Å². The summed E-state index contributed by atoms with van der Waals surface area (Å²) in [5.41, 5.74) is 2.96. The summed E-state index contributed by atoms with van der Waals surface area (Å²) >= 11 is 0. The highest BCUT2D eigenvalue weighted by atomic mass is 19.4. The number of carbonyl (C=O) groups is 2. The first-order chi connectivity index (χ1) is 14.1. The van der Waals surface area contributed by atoms with E-state index in [0.717, 1.165) is 17.7 Å². The molecule has 0 aromatic heterocycles. The molecule has 0 N–H and O–H groups in total. The lowest BCUT2D eigenvalue weighted by Gasteiger charge is -2.35. The van der Waals surface area contributed by atoms with Crippen molar-refractivity contribution in [3.05, 3.63) is 70.3 Å². The van der Waals surface area contributed by atoms with Crippen LogP contribution in [0.25, 0.3) is 0 Å². The van der Waals surface area contributed by atoms with Gasteiger partial charge in [-0.15, -0.1) is 0 Å². The zero-order valence-corrected chi connectivity index (χ0v) is 17.1. The minimum Gasteiger partial charge on any atom is -0.339 e. The summed E-state index contributed by atoms with van der Waals surface area (Å²) in [6.07, 6.45) is -3.34. The molecule has 0 spiro atoms. The summed E-state index contributed by atoms with van der Waals surface area (Å²) in [5, 5.41) is 0. The molecule has 2 aromatic rings. The number of piperazine rings is 1. The highest BCUT2D eigenvalue weighted by Crippen LogP contribution is 2.29. The maximum Gasteiger partial charge on any atom is 0.416 e. The molecule has 0 bridgehead atoms. The van der Waals surface area contributed by atoms with Gasteiger partial charge in [0.15, 0.2) is 0 Å². The highest BCUT2D eigenvalue weighted by Gasteiger charge is 2.31. The number of nitrogens with zero attached hydrogens (tertiary/aromatic N) is 2. The lowest BCUT2D eigenvalue weighted by Crippen LogP contribution is -2.50. The Morgan fingerprint density at radius 1 is 0.900 bits per heavy atom. The van der Waals surface area contributed by atoms with Gasteiger partial charge < -0.3 is 9.80 Å². The standard InChI is InChI=1S/C23H25F3N2O2/c1-16-3-4-18(17(2)15-16)7-10-21(29)27-11-13-28(14-12-27)22(30)19-5-8-20(9-6-19)23(24,25)26/h3-6,8-9,15H,7,10-14H2,1-2H3. The van der Waals surface area contributed by atoms with E-state index in [1.54, 1.807) is 9.80 Å². The molecule has 0 atom stereocenters. The predicted molar refractivity (Wildman–Crippen MR) is 108 cm³/mol. The van der Waals surface area contributed by atoms with Crippen LogP contribution in [0, 0.1) is 13.8 Å². The molecule has 0 saturated carbocycles. The third-order valence-corrected chi connectivity index (χ3v) is 5.49. The summed E-state index contributed by atoms with van der Waals surface area (Å²) in [6.45, 7) is 5.67. The van der Waals surface area contributed by atoms with Crippen molar-refractivity contribution in [2.45, 2.75) is 32.9 Å². The molecule has 30 heavy (non-hydrogen) atoms. The average molecular weight is 418 g/mol. The van der Waals surface area contributed by atoms with Crippen molar-refractivity contribution in [1.82, 2.24) is 9.80 Å². The molecule has 1 saturated heterocycles. The number of hydrogen-bond donors (Lipinski definition) is 0. The minimum absolute atomic E-state index is 0.0524. The van der Waals surface area contributed by atoms with Crippen LogP contribution < -0.4 is 0 Å². The largest absolute Gasteiger partial charge is 0.416 e. The van der Waals surface area contributed by atoms with Crippen LogP contribution >= 0.6 is 0 Å². The molecule has 1 heterocycles. The Kier molecular flexibility index (Phi) is 6.48. The van der Waals surface area contributed by atoms with Crippen molar-refractivity contribution in [1.29, 1.82) is 0 Å². The fraction of sp³-hybridized carbons (Fsp3) is 0.391. The molecule has 1 aliphatic rings.